The van der Waals surface area contributed by atoms with Crippen LogP contribution in [0.2, 0.25) is 0 Å². The maximum atomic E-state index is 12.1. The summed E-state index contributed by atoms with van der Waals surface area (Å²) in [6.45, 7) is 1.97. The summed E-state index contributed by atoms with van der Waals surface area (Å²) in [5.74, 6) is -1.98. The third-order valence-corrected chi connectivity index (χ3v) is 4.51. The van der Waals surface area contributed by atoms with Gasteiger partial charge < -0.3 is 4.84 Å². The maximum absolute atomic E-state index is 12.1. The Bertz CT molecular complexity index is 937. The summed E-state index contributed by atoms with van der Waals surface area (Å²) < 4.78 is 1.82. The molecule has 0 bridgehead atoms. The van der Waals surface area contributed by atoms with Crippen molar-refractivity contribution in [2.45, 2.75) is 13.3 Å². The van der Waals surface area contributed by atoms with Crippen LogP contribution in [0.5, 0.6) is 0 Å². The van der Waals surface area contributed by atoms with Gasteiger partial charge in [0.05, 0.1) is 23.2 Å². The molecule has 2 amide bonds. The minimum atomic E-state index is -0.716. The molecule has 0 fully saturated rings. The Labute approximate surface area is 140 Å². The van der Waals surface area contributed by atoms with E-state index in [0.29, 0.717) is 10.8 Å². The number of benzene rings is 1. The van der Waals surface area contributed by atoms with Gasteiger partial charge in [-0.3, -0.25) is 14.0 Å². The molecule has 0 aliphatic carbocycles. The Balaban J connectivity index is 1.49. The second kappa shape index (κ2) is 5.27. The van der Waals surface area contributed by atoms with Gasteiger partial charge in [0.15, 0.2) is 4.96 Å². The first-order chi connectivity index (χ1) is 11.5. The Morgan fingerprint density at radius 2 is 1.83 bits per heavy atom. The number of hydrogen-bond donors (Lipinski definition) is 0. The molecule has 0 N–H and O–H groups in total. The van der Waals surface area contributed by atoms with Gasteiger partial charge in [0.1, 0.15) is 0 Å². The van der Waals surface area contributed by atoms with E-state index < -0.39 is 17.8 Å². The van der Waals surface area contributed by atoms with Crippen molar-refractivity contribution < 1.29 is 19.2 Å². The number of hydroxylamine groups is 2. The number of fused-ring (bicyclic) bond motifs is 2. The van der Waals surface area contributed by atoms with Crippen molar-refractivity contribution >= 4 is 34.1 Å². The number of aryl methyl sites for hydroxylation is 1. The molecule has 2 aromatic heterocycles. The molecule has 0 spiro atoms. The number of carbonyl (C=O) groups is 3. The van der Waals surface area contributed by atoms with E-state index in [1.807, 2.05) is 17.5 Å². The molecular formula is C16H11N3O4S. The van der Waals surface area contributed by atoms with E-state index in [1.165, 1.54) is 23.5 Å². The number of imide groups is 1. The van der Waals surface area contributed by atoms with Crippen molar-refractivity contribution in [3.63, 3.8) is 0 Å². The number of amides is 2. The number of aromatic nitrogens is 2. The summed E-state index contributed by atoms with van der Waals surface area (Å²) >= 11 is 1.51. The zero-order valence-electron chi connectivity index (χ0n) is 12.6. The predicted octanol–water partition coefficient (Wildman–Crippen LogP) is 2.00. The molecule has 1 aromatic carbocycles. The molecule has 24 heavy (non-hydrogen) atoms. The van der Waals surface area contributed by atoms with Crippen LogP contribution in [-0.4, -0.2) is 32.2 Å². The number of hydrogen-bond acceptors (Lipinski definition) is 6. The number of imidazole rings is 1. The fraction of sp³-hybridized carbons (Fsp3) is 0.125. The minimum absolute atomic E-state index is 0.124. The van der Waals surface area contributed by atoms with E-state index in [1.54, 1.807) is 18.3 Å². The van der Waals surface area contributed by atoms with Crippen LogP contribution >= 0.6 is 11.3 Å². The largest absolute Gasteiger partial charge is 0.339 e. The quantitative estimate of drug-likeness (QED) is 0.681. The number of thiazole rings is 1. The van der Waals surface area contributed by atoms with Crippen LogP contribution in [0.4, 0.5) is 0 Å². The Morgan fingerprint density at radius 3 is 2.46 bits per heavy atom. The monoisotopic (exact) mass is 341 g/mol. The van der Waals surface area contributed by atoms with Gasteiger partial charge in [-0.25, -0.2) is 9.78 Å². The summed E-state index contributed by atoms with van der Waals surface area (Å²) in [5.41, 5.74) is 0.976. The molecule has 0 unspecified atom stereocenters. The second-order valence-electron chi connectivity index (χ2n) is 5.35. The van der Waals surface area contributed by atoms with Crippen molar-refractivity contribution in [1.82, 2.24) is 14.4 Å². The van der Waals surface area contributed by atoms with Crippen LogP contribution in [0.15, 0.2) is 36.7 Å². The van der Waals surface area contributed by atoms with Crippen molar-refractivity contribution in [2.24, 2.45) is 0 Å². The minimum Gasteiger partial charge on any atom is -0.329 e. The smallest absolute Gasteiger partial charge is 0.329 e. The normalized spacial score (nSPS) is 13.6. The molecular weight excluding hydrogens is 330 g/mol. The summed E-state index contributed by atoms with van der Waals surface area (Å²) in [6.07, 6.45) is 3.51. The van der Waals surface area contributed by atoms with Gasteiger partial charge in [-0.2, -0.15) is 0 Å². The molecule has 120 valence electrons. The summed E-state index contributed by atoms with van der Waals surface area (Å²) in [7, 11) is 0. The van der Waals surface area contributed by atoms with Crippen LogP contribution in [0.1, 0.15) is 31.3 Å². The standard InChI is InChI=1S/C16H11N3O4S/c1-9-7-18-8-10(17-16(18)24-9)6-13(20)23-19-14(21)11-4-2-3-5-12(11)15(19)22/h2-5,7-8H,6H2,1H3. The topological polar surface area (TPSA) is 81.0 Å². The van der Waals surface area contributed by atoms with Crippen molar-refractivity contribution in [1.29, 1.82) is 0 Å². The van der Waals surface area contributed by atoms with E-state index in [0.717, 1.165) is 9.84 Å². The van der Waals surface area contributed by atoms with E-state index in [2.05, 4.69) is 4.98 Å². The first-order valence-electron chi connectivity index (χ1n) is 7.15. The molecule has 4 rings (SSSR count). The second-order valence-corrected chi connectivity index (χ2v) is 6.57. The number of nitrogens with zero attached hydrogens (tertiary/aromatic N) is 3. The molecule has 1 aliphatic heterocycles. The van der Waals surface area contributed by atoms with Crippen LogP contribution < -0.4 is 0 Å². The van der Waals surface area contributed by atoms with Crippen molar-refractivity contribution in [3.05, 3.63) is 58.4 Å². The van der Waals surface area contributed by atoms with Gasteiger partial charge in [0, 0.05) is 17.3 Å². The lowest BCUT2D eigenvalue weighted by atomic mass is 10.1. The fourth-order valence-corrected chi connectivity index (χ4v) is 3.40. The van der Waals surface area contributed by atoms with Crippen molar-refractivity contribution in [2.75, 3.05) is 0 Å². The highest BCUT2D eigenvalue weighted by Crippen LogP contribution is 2.23. The lowest BCUT2D eigenvalue weighted by Gasteiger charge is -2.11. The van der Waals surface area contributed by atoms with E-state index in [4.69, 9.17) is 4.84 Å². The molecule has 0 saturated heterocycles. The molecule has 8 heteroatoms. The molecule has 0 atom stereocenters. The fourth-order valence-electron chi connectivity index (χ4n) is 2.58. The third kappa shape index (κ3) is 2.28. The van der Waals surface area contributed by atoms with Gasteiger partial charge >= 0.3 is 5.97 Å². The lowest BCUT2D eigenvalue weighted by Crippen LogP contribution is -2.33. The van der Waals surface area contributed by atoms with Gasteiger partial charge in [0.25, 0.3) is 11.8 Å². The molecule has 3 aromatic rings. The first-order valence-corrected chi connectivity index (χ1v) is 7.97. The van der Waals surface area contributed by atoms with Crippen LogP contribution in [0.25, 0.3) is 4.96 Å². The first kappa shape index (κ1) is 14.6. The predicted molar refractivity (Wildman–Crippen MR) is 84.5 cm³/mol. The third-order valence-electron chi connectivity index (χ3n) is 3.60. The lowest BCUT2D eigenvalue weighted by molar-refractivity contribution is -0.167. The Hall–Kier alpha value is -3.00. The number of rotatable bonds is 3. The van der Waals surface area contributed by atoms with Crippen LogP contribution in [-0.2, 0) is 16.1 Å². The van der Waals surface area contributed by atoms with Crippen LogP contribution in [0, 0.1) is 6.92 Å². The molecule has 1 aliphatic rings. The average Bonchev–Trinajstić information content (AvgIpc) is 3.14. The van der Waals surface area contributed by atoms with E-state index in [9.17, 15) is 14.4 Å². The van der Waals surface area contributed by atoms with Crippen LogP contribution in [0.3, 0.4) is 0 Å². The summed E-state index contributed by atoms with van der Waals surface area (Å²) in [5, 5.41) is 0.509. The molecule has 0 saturated carbocycles. The van der Waals surface area contributed by atoms with Gasteiger partial charge in [-0.15, -0.1) is 11.3 Å². The SMILES string of the molecule is Cc1cn2cc(CC(=O)ON3C(=O)c4ccccc4C3=O)nc2s1. The zero-order valence-corrected chi connectivity index (χ0v) is 13.4. The highest BCUT2D eigenvalue weighted by molar-refractivity contribution is 7.16. The Kier molecular flexibility index (Phi) is 3.20. The van der Waals surface area contributed by atoms with E-state index in [-0.39, 0.29) is 17.5 Å². The number of carbonyl (C=O) groups excluding carboxylic acids is 3. The molecule has 7 nitrogen and oxygen atoms in total. The highest BCUT2D eigenvalue weighted by atomic mass is 32.1. The van der Waals surface area contributed by atoms with E-state index >= 15 is 0 Å². The molecule has 0 radical (unpaired) electrons. The van der Waals surface area contributed by atoms with Crippen molar-refractivity contribution in [3.8, 4) is 0 Å². The summed E-state index contributed by atoms with van der Waals surface area (Å²) in [4.78, 5) is 47.5. The Morgan fingerprint density at radius 1 is 1.17 bits per heavy atom. The maximum Gasteiger partial charge on any atom is 0.339 e. The van der Waals surface area contributed by atoms with Gasteiger partial charge in [0.2, 0.25) is 0 Å². The molecule has 3 heterocycles. The summed E-state index contributed by atoms with van der Waals surface area (Å²) in [6, 6.07) is 6.34. The average molecular weight is 341 g/mol. The zero-order chi connectivity index (χ0) is 16.8. The van der Waals surface area contributed by atoms with Gasteiger partial charge in [-0.05, 0) is 19.1 Å². The van der Waals surface area contributed by atoms with Gasteiger partial charge in [-0.1, -0.05) is 17.2 Å². The highest BCUT2D eigenvalue weighted by Gasteiger charge is 2.38.